The van der Waals surface area contributed by atoms with Crippen LogP contribution in [0.3, 0.4) is 0 Å². The molecule has 2 heterocycles. The van der Waals surface area contributed by atoms with Gasteiger partial charge in [0.05, 0.1) is 12.7 Å². The van der Waals surface area contributed by atoms with E-state index in [0.717, 1.165) is 38.1 Å². The van der Waals surface area contributed by atoms with Crippen LogP contribution in [0.1, 0.15) is 46.0 Å². The standard InChI is InChI=1S/C19H35N3O3/c1-15(2)6-5-7-17-14-22(12-13-25-17)18(23)16-8-10-21(11-9-16)19(24)20(3)4/h15-17H,5-14H2,1-4H3/t17-/m1/s1. The van der Waals surface area contributed by atoms with Gasteiger partial charge >= 0.3 is 6.03 Å². The first-order chi connectivity index (χ1) is 11.9. The molecule has 2 aliphatic rings. The van der Waals surface area contributed by atoms with E-state index in [0.29, 0.717) is 26.2 Å². The molecule has 2 aliphatic heterocycles. The summed E-state index contributed by atoms with van der Waals surface area (Å²) < 4.78 is 5.85. The summed E-state index contributed by atoms with van der Waals surface area (Å²) in [6, 6.07) is 0.0440. The molecule has 2 fully saturated rings. The molecule has 3 amide bonds. The largest absolute Gasteiger partial charge is 0.375 e. The number of carbonyl (C=O) groups excluding carboxylic acids is 2. The third-order valence-corrected chi connectivity index (χ3v) is 5.26. The average Bonchev–Trinajstić information content (AvgIpc) is 2.60. The van der Waals surface area contributed by atoms with E-state index in [1.54, 1.807) is 19.0 Å². The fraction of sp³-hybridized carbons (Fsp3) is 0.895. The summed E-state index contributed by atoms with van der Waals surface area (Å²) in [7, 11) is 3.54. The summed E-state index contributed by atoms with van der Waals surface area (Å²) in [6.45, 7) is 7.92. The highest BCUT2D eigenvalue weighted by atomic mass is 16.5. The minimum absolute atomic E-state index is 0.0440. The number of likely N-dealkylation sites (tertiary alicyclic amines) is 1. The average molecular weight is 354 g/mol. The van der Waals surface area contributed by atoms with Crippen LogP contribution in [0.4, 0.5) is 4.79 Å². The molecule has 0 radical (unpaired) electrons. The molecule has 0 saturated carbocycles. The van der Waals surface area contributed by atoms with Gasteiger partial charge < -0.3 is 19.4 Å². The van der Waals surface area contributed by atoms with Gasteiger partial charge in [-0.25, -0.2) is 4.79 Å². The molecule has 25 heavy (non-hydrogen) atoms. The Morgan fingerprint density at radius 1 is 1.12 bits per heavy atom. The van der Waals surface area contributed by atoms with Gasteiger partial charge in [0, 0.05) is 46.2 Å². The highest BCUT2D eigenvalue weighted by molar-refractivity contribution is 5.80. The fourth-order valence-corrected chi connectivity index (χ4v) is 3.71. The van der Waals surface area contributed by atoms with Crippen molar-refractivity contribution in [3.63, 3.8) is 0 Å². The zero-order valence-electron chi connectivity index (χ0n) is 16.4. The number of hydrogen-bond donors (Lipinski definition) is 0. The van der Waals surface area contributed by atoms with Gasteiger partial charge in [0.1, 0.15) is 0 Å². The van der Waals surface area contributed by atoms with Gasteiger partial charge in [-0.05, 0) is 25.2 Å². The number of carbonyl (C=O) groups is 2. The van der Waals surface area contributed by atoms with Crippen molar-refractivity contribution < 1.29 is 14.3 Å². The molecule has 2 saturated heterocycles. The van der Waals surface area contributed by atoms with Crippen molar-refractivity contribution in [2.24, 2.45) is 11.8 Å². The summed E-state index contributed by atoms with van der Waals surface area (Å²) >= 11 is 0. The molecule has 0 spiro atoms. The lowest BCUT2D eigenvalue weighted by molar-refractivity contribution is -0.144. The fourth-order valence-electron chi connectivity index (χ4n) is 3.71. The van der Waals surface area contributed by atoms with Crippen molar-refractivity contribution >= 4 is 11.9 Å². The van der Waals surface area contributed by atoms with E-state index in [1.165, 1.54) is 6.42 Å². The quantitative estimate of drug-likeness (QED) is 0.763. The normalized spacial score (nSPS) is 22.4. The van der Waals surface area contributed by atoms with Crippen LogP contribution in [0.5, 0.6) is 0 Å². The lowest BCUT2D eigenvalue weighted by Gasteiger charge is -2.38. The number of hydrogen-bond acceptors (Lipinski definition) is 3. The topological polar surface area (TPSA) is 53.1 Å². The van der Waals surface area contributed by atoms with Gasteiger partial charge in [0.25, 0.3) is 0 Å². The Hall–Kier alpha value is -1.30. The Morgan fingerprint density at radius 3 is 2.40 bits per heavy atom. The van der Waals surface area contributed by atoms with Crippen LogP contribution < -0.4 is 0 Å². The predicted molar refractivity (Wildman–Crippen MR) is 98.4 cm³/mol. The maximum absolute atomic E-state index is 12.8. The Morgan fingerprint density at radius 2 is 1.80 bits per heavy atom. The number of nitrogens with zero attached hydrogens (tertiary/aromatic N) is 3. The lowest BCUT2D eigenvalue weighted by atomic mass is 9.94. The third kappa shape index (κ3) is 5.87. The Kier molecular flexibility index (Phi) is 7.54. The first-order valence-electron chi connectivity index (χ1n) is 9.75. The molecule has 6 nitrogen and oxygen atoms in total. The van der Waals surface area contributed by atoms with Crippen molar-refractivity contribution in [2.75, 3.05) is 46.9 Å². The zero-order chi connectivity index (χ0) is 18.4. The second kappa shape index (κ2) is 9.41. The summed E-state index contributed by atoms with van der Waals surface area (Å²) in [5.74, 6) is 1.03. The lowest BCUT2D eigenvalue weighted by Crippen LogP contribution is -2.51. The number of amides is 3. The molecule has 2 rings (SSSR count). The van der Waals surface area contributed by atoms with Crippen molar-refractivity contribution in [3.8, 4) is 0 Å². The minimum atomic E-state index is 0.0440. The minimum Gasteiger partial charge on any atom is -0.375 e. The Labute approximate surface area is 152 Å². The van der Waals surface area contributed by atoms with Crippen LogP contribution in [-0.4, -0.2) is 79.6 Å². The molecule has 0 aliphatic carbocycles. The van der Waals surface area contributed by atoms with Crippen LogP contribution in [0.15, 0.2) is 0 Å². The van der Waals surface area contributed by atoms with Gasteiger partial charge in [-0.2, -0.15) is 0 Å². The van der Waals surface area contributed by atoms with E-state index in [1.807, 2.05) is 9.80 Å². The molecule has 6 heteroatoms. The molecular weight excluding hydrogens is 318 g/mol. The van der Waals surface area contributed by atoms with Crippen LogP contribution in [0.25, 0.3) is 0 Å². The van der Waals surface area contributed by atoms with Gasteiger partial charge in [0.2, 0.25) is 5.91 Å². The van der Waals surface area contributed by atoms with Gasteiger partial charge in [0.15, 0.2) is 0 Å². The van der Waals surface area contributed by atoms with Crippen molar-refractivity contribution in [1.29, 1.82) is 0 Å². The number of rotatable bonds is 5. The molecular formula is C19H35N3O3. The van der Waals surface area contributed by atoms with E-state index >= 15 is 0 Å². The summed E-state index contributed by atoms with van der Waals surface area (Å²) in [4.78, 5) is 30.3. The second-order valence-electron chi connectivity index (χ2n) is 8.04. The Bertz CT molecular complexity index is 445. The van der Waals surface area contributed by atoms with Crippen molar-refractivity contribution in [2.45, 2.75) is 52.1 Å². The van der Waals surface area contributed by atoms with E-state index in [4.69, 9.17) is 4.74 Å². The van der Waals surface area contributed by atoms with Crippen LogP contribution in [0.2, 0.25) is 0 Å². The number of morpholine rings is 1. The summed E-state index contributed by atoms with van der Waals surface area (Å²) in [5.41, 5.74) is 0. The molecule has 0 aromatic carbocycles. The molecule has 1 atom stereocenters. The molecule has 144 valence electrons. The highest BCUT2D eigenvalue weighted by Gasteiger charge is 2.32. The highest BCUT2D eigenvalue weighted by Crippen LogP contribution is 2.22. The van der Waals surface area contributed by atoms with Crippen molar-refractivity contribution in [1.82, 2.24) is 14.7 Å². The van der Waals surface area contributed by atoms with E-state index < -0.39 is 0 Å². The Balaban J connectivity index is 1.77. The number of urea groups is 1. The molecule has 0 unspecified atom stereocenters. The third-order valence-electron chi connectivity index (χ3n) is 5.26. The second-order valence-corrected chi connectivity index (χ2v) is 8.04. The SMILES string of the molecule is CC(C)CCC[C@@H]1CN(C(=O)C2CCN(C(=O)N(C)C)CC2)CCO1. The van der Waals surface area contributed by atoms with Gasteiger partial charge in [-0.3, -0.25) is 4.79 Å². The van der Waals surface area contributed by atoms with Crippen LogP contribution >= 0.6 is 0 Å². The van der Waals surface area contributed by atoms with Crippen molar-refractivity contribution in [3.05, 3.63) is 0 Å². The predicted octanol–water partition coefficient (Wildman–Crippen LogP) is 2.43. The maximum atomic E-state index is 12.8. The molecule has 0 aromatic rings. The van der Waals surface area contributed by atoms with E-state index in [2.05, 4.69) is 13.8 Å². The molecule has 0 N–H and O–H groups in total. The monoisotopic (exact) mass is 353 g/mol. The smallest absolute Gasteiger partial charge is 0.319 e. The maximum Gasteiger partial charge on any atom is 0.319 e. The van der Waals surface area contributed by atoms with Crippen LogP contribution in [-0.2, 0) is 9.53 Å². The van der Waals surface area contributed by atoms with Crippen LogP contribution in [0, 0.1) is 11.8 Å². The molecule has 0 bridgehead atoms. The number of piperidine rings is 1. The first-order valence-corrected chi connectivity index (χ1v) is 9.75. The van der Waals surface area contributed by atoms with Gasteiger partial charge in [-0.1, -0.05) is 26.7 Å². The van der Waals surface area contributed by atoms with Gasteiger partial charge in [-0.15, -0.1) is 0 Å². The zero-order valence-corrected chi connectivity index (χ0v) is 16.4. The van der Waals surface area contributed by atoms with E-state index in [-0.39, 0.29) is 24.0 Å². The molecule has 0 aromatic heterocycles. The summed E-state index contributed by atoms with van der Waals surface area (Å²) in [5, 5.41) is 0. The van der Waals surface area contributed by atoms with E-state index in [9.17, 15) is 9.59 Å². The number of ether oxygens (including phenoxy) is 1. The summed E-state index contributed by atoms with van der Waals surface area (Å²) in [6.07, 6.45) is 5.15. The first kappa shape index (κ1) is 20.0.